The second kappa shape index (κ2) is 10.1. The highest BCUT2D eigenvalue weighted by Crippen LogP contribution is 2.29. The van der Waals surface area contributed by atoms with E-state index in [1.165, 1.54) is 19.2 Å². The zero-order valence-electron chi connectivity index (χ0n) is 18.8. The Morgan fingerprint density at radius 3 is 2.33 bits per heavy atom. The van der Waals surface area contributed by atoms with Crippen LogP contribution in [0.2, 0.25) is 0 Å². The molecule has 0 aliphatic rings. The molecular weight excluding hydrogens is 433 g/mol. The van der Waals surface area contributed by atoms with Crippen LogP contribution in [-0.2, 0) is 33.5 Å². The molecule has 1 N–H and O–H groups in total. The summed E-state index contributed by atoms with van der Waals surface area (Å²) < 4.78 is 45.2. The maximum Gasteiger partial charge on any atom is 0.416 e. The molecule has 0 saturated carbocycles. The number of ether oxygens (including phenoxy) is 1. The number of halogens is 3. The molecule has 1 unspecified atom stereocenters. The smallest absolute Gasteiger partial charge is 0.416 e. The fourth-order valence-electron chi connectivity index (χ4n) is 3.84. The van der Waals surface area contributed by atoms with Crippen molar-refractivity contribution in [1.82, 2.24) is 9.88 Å². The van der Waals surface area contributed by atoms with Gasteiger partial charge in [-0.05, 0) is 41.7 Å². The van der Waals surface area contributed by atoms with Crippen molar-refractivity contribution in [2.75, 3.05) is 7.11 Å². The summed E-state index contributed by atoms with van der Waals surface area (Å²) in [5, 5.41) is 3.64. The SMILES string of the molecule is COC(=O)C(CC(C)C)NC(=O)Cc1cn(Cc2ccc(C(F)(F)F)cc2)c2ccccc12. The number of aromatic nitrogens is 1. The Bertz CT molecular complexity index is 1120. The topological polar surface area (TPSA) is 60.3 Å². The van der Waals surface area contributed by atoms with Crippen molar-refractivity contribution in [2.24, 2.45) is 5.92 Å². The van der Waals surface area contributed by atoms with Crippen molar-refractivity contribution in [1.29, 1.82) is 0 Å². The molecular formula is C25H27F3N2O3. The highest BCUT2D eigenvalue weighted by atomic mass is 19.4. The molecule has 3 aromatic rings. The largest absolute Gasteiger partial charge is 0.467 e. The fourth-order valence-corrected chi connectivity index (χ4v) is 3.84. The van der Waals surface area contributed by atoms with Crippen LogP contribution < -0.4 is 5.32 Å². The Kier molecular flexibility index (Phi) is 7.46. The van der Waals surface area contributed by atoms with E-state index in [4.69, 9.17) is 4.74 Å². The number of rotatable bonds is 8. The maximum absolute atomic E-state index is 12.8. The van der Waals surface area contributed by atoms with Crippen molar-refractivity contribution in [2.45, 2.75) is 45.5 Å². The molecule has 0 fully saturated rings. The van der Waals surface area contributed by atoms with E-state index in [2.05, 4.69) is 5.32 Å². The van der Waals surface area contributed by atoms with Crippen LogP contribution in [-0.4, -0.2) is 29.6 Å². The first-order valence-electron chi connectivity index (χ1n) is 10.7. The number of nitrogens with one attached hydrogen (secondary N) is 1. The molecule has 8 heteroatoms. The summed E-state index contributed by atoms with van der Waals surface area (Å²) in [5.74, 6) is -0.592. The molecule has 0 radical (unpaired) electrons. The van der Waals surface area contributed by atoms with Gasteiger partial charge in [-0.25, -0.2) is 4.79 Å². The molecule has 176 valence electrons. The van der Waals surface area contributed by atoms with Crippen LogP contribution in [0.1, 0.15) is 37.0 Å². The minimum atomic E-state index is -4.38. The van der Waals surface area contributed by atoms with E-state index in [1.807, 2.05) is 48.9 Å². The fraction of sp³-hybridized carbons (Fsp3) is 0.360. The third-order valence-corrected chi connectivity index (χ3v) is 5.38. The van der Waals surface area contributed by atoms with E-state index in [9.17, 15) is 22.8 Å². The number of hydrogen-bond acceptors (Lipinski definition) is 3. The highest BCUT2D eigenvalue weighted by Gasteiger charge is 2.30. The van der Waals surface area contributed by atoms with E-state index in [0.717, 1.165) is 28.6 Å². The average Bonchev–Trinajstić information content (AvgIpc) is 3.09. The Balaban J connectivity index is 1.81. The van der Waals surface area contributed by atoms with E-state index < -0.39 is 23.8 Å². The molecule has 3 rings (SSSR count). The van der Waals surface area contributed by atoms with Crippen LogP contribution in [0.3, 0.4) is 0 Å². The Morgan fingerprint density at radius 2 is 1.73 bits per heavy atom. The average molecular weight is 460 g/mol. The second-order valence-corrected chi connectivity index (χ2v) is 8.44. The van der Waals surface area contributed by atoms with Gasteiger partial charge in [-0.1, -0.05) is 44.2 Å². The van der Waals surface area contributed by atoms with E-state index in [0.29, 0.717) is 18.5 Å². The van der Waals surface area contributed by atoms with Crippen LogP contribution in [0.5, 0.6) is 0 Å². The lowest BCUT2D eigenvalue weighted by Crippen LogP contribution is -2.43. The Hall–Kier alpha value is -3.29. The Morgan fingerprint density at radius 1 is 1.06 bits per heavy atom. The van der Waals surface area contributed by atoms with Gasteiger partial charge in [0.2, 0.25) is 5.91 Å². The molecule has 1 amide bonds. The first-order valence-corrected chi connectivity index (χ1v) is 10.7. The highest BCUT2D eigenvalue weighted by molar-refractivity contribution is 5.91. The minimum absolute atomic E-state index is 0.0616. The molecule has 1 aromatic heterocycles. The summed E-state index contributed by atoms with van der Waals surface area (Å²) in [6.45, 7) is 4.27. The molecule has 0 saturated heterocycles. The summed E-state index contributed by atoms with van der Waals surface area (Å²) in [6.07, 6.45) is -2.02. The molecule has 0 spiro atoms. The number of amides is 1. The lowest BCUT2D eigenvalue weighted by molar-refractivity contribution is -0.145. The van der Waals surface area contributed by atoms with Gasteiger partial charge in [0.25, 0.3) is 0 Å². The van der Waals surface area contributed by atoms with Gasteiger partial charge in [-0.15, -0.1) is 0 Å². The van der Waals surface area contributed by atoms with Crippen molar-refractivity contribution >= 4 is 22.8 Å². The number of methoxy groups -OCH3 is 1. The normalized spacial score (nSPS) is 12.7. The van der Waals surface area contributed by atoms with Crippen molar-refractivity contribution in [3.63, 3.8) is 0 Å². The van der Waals surface area contributed by atoms with E-state index in [-0.39, 0.29) is 18.2 Å². The lowest BCUT2D eigenvalue weighted by atomic mass is 10.0. The predicted molar refractivity (Wildman–Crippen MR) is 120 cm³/mol. The molecule has 0 bridgehead atoms. The monoisotopic (exact) mass is 460 g/mol. The van der Waals surface area contributed by atoms with E-state index >= 15 is 0 Å². The van der Waals surface area contributed by atoms with Gasteiger partial charge in [0.05, 0.1) is 19.1 Å². The minimum Gasteiger partial charge on any atom is -0.467 e. The number of nitrogens with zero attached hydrogens (tertiary/aromatic N) is 1. The zero-order valence-corrected chi connectivity index (χ0v) is 18.8. The van der Waals surface area contributed by atoms with Gasteiger partial charge in [0.15, 0.2) is 0 Å². The van der Waals surface area contributed by atoms with Gasteiger partial charge < -0.3 is 14.6 Å². The molecule has 1 heterocycles. The first-order chi connectivity index (χ1) is 15.6. The van der Waals surface area contributed by atoms with Gasteiger partial charge in [0.1, 0.15) is 6.04 Å². The molecule has 2 aromatic carbocycles. The summed E-state index contributed by atoms with van der Waals surface area (Å²) in [4.78, 5) is 24.8. The van der Waals surface area contributed by atoms with Crippen LogP contribution >= 0.6 is 0 Å². The molecule has 33 heavy (non-hydrogen) atoms. The van der Waals surface area contributed by atoms with Crippen LogP contribution in [0.15, 0.2) is 54.7 Å². The van der Waals surface area contributed by atoms with Crippen molar-refractivity contribution < 1.29 is 27.5 Å². The molecule has 0 aliphatic carbocycles. The molecule has 0 aliphatic heterocycles. The number of benzene rings is 2. The van der Waals surface area contributed by atoms with Gasteiger partial charge in [-0.2, -0.15) is 13.2 Å². The zero-order chi connectivity index (χ0) is 24.2. The number of alkyl halides is 3. The summed E-state index contributed by atoms with van der Waals surface area (Å²) in [6, 6.07) is 11.8. The lowest BCUT2D eigenvalue weighted by Gasteiger charge is -2.18. The number of hydrogen-bond donors (Lipinski definition) is 1. The third-order valence-electron chi connectivity index (χ3n) is 5.38. The summed E-state index contributed by atoms with van der Waals surface area (Å²) in [5.41, 5.74) is 1.65. The quantitative estimate of drug-likeness (QED) is 0.484. The van der Waals surface area contributed by atoms with Crippen LogP contribution in [0, 0.1) is 5.92 Å². The van der Waals surface area contributed by atoms with Crippen LogP contribution in [0.4, 0.5) is 13.2 Å². The van der Waals surface area contributed by atoms with Crippen LogP contribution in [0.25, 0.3) is 10.9 Å². The molecule has 5 nitrogen and oxygen atoms in total. The third kappa shape index (κ3) is 6.15. The van der Waals surface area contributed by atoms with Gasteiger partial charge in [-0.3, -0.25) is 4.79 Å². The maximum atomic E-state index is 12.8. The van der Waals surface area contributed by atoms with Crippen molar-refractivity contribution in [3.8, 4) is 0 Å². The van der Waals surface area contributed by atoms with Gasteiger partial charge in [0, 0.05) is 23.6 Å². The number of esters is 1. The number of para-hydroxylation sites is 1. The summed E-state index contributed by atoms with van der Waals surface area (Å²) in [7, 11) is 1.29. The molecule has 1 atom stereocenters. The standard InChI is InChI=1S/C25H27F3N2O3/c1-16(2)12-21(24(32)33-3)29-23(31)13-18-15-30(22-7-5-4-6-20(18)22)14-17-8-10-19(11-9-17)25(26,27)28/h4-11,15-16,21H,12-14H2,1-3H3,(H,29,31). The number of fused-ring (bicyclic) bond motifs is 1. The second-order valence-electron chi connectivity index (χ2n) is 8.44. The first kappa shape index (κ1) is 24.4. The Labute approximate surface area is 190 Å². The van der Waals surface area contributed by atoms with Gasteiger partial charge >= 0.3 is 12.1 Å². The van der Waals surface area contributed by atoms with Crippen molar-refractivity contribution in [3.05, 3.63) is 71.4 Å². The van der Waals surface area contributed by atoms with E-state index in [1.54, 1.807) is 0 Å². The number of carbonyl (C=O) groups is 2. The number of carbonyl (C=O) groups excluding carboxylic acids is 2. The summed E-state index contributed by atoms with van der Waals surface area (Å²) >= 11 is 0. The predicted octanol–water partition coefficient (Wildman–Crippen LogP) is 4.95.